The number of nitrogens with one attached hydrogen (secondary N) is 1. The lowest BCUT2D eigenvalue weighted by molar-refractivity contribution is 0.246. The molecular formula is C13H26N2. The lowest BCUT2D eigenvalue weighted by Crippen LogP contribution is -2.48. The Morgan fingerprint density at radius 2 is 2.00 bits per heavy atom. The van der Waals surface area contributed by atoms with Crippen molar-refractivity contribution in [3.05, 3.63) is 0 Å². The Balaban J connectivity index is 1.53. The molecule has 0 radical (unpaired) electrons. The molecule has 0 saturated heterocycles. The van der Waals surface area contributed by atoms with Crippen molar-refractivity contribution in [1.29, 1.82) is 0 Å². The summed E-state index contributed by atoms with van der Waals surface area (Å²) < 4.78 is 0. The van der Waals surface area contributed by atoms with Gasteiger partial charge in [-0.2, -0.15) is 0 Å². The summed E-state index contributed by atoms with van der Waals surface area (Å²) >= 11 is 0. The minimum atomic E-state index is 0.484. The second-order valence-electron chi connectivity index (χ2n) is 5.81. The van der Waals surface area contributed by atoms with E-state index >= 15 is 0 Å². The van der Waals surface area contributed by atoms with E-state index in [0.29, 0.717) is 6.04 Å². The SMILES string of the molecule is CC1CCCC(CCNC2CC(N)C2)C1. The van der Waals surface area contributed by atoms with Crippen LogP contribution in [-0.4, -0.2) is 18.6 Å². The number of rotatable bonds is 4. The van der Waals surface area contributed by atoms with Crippen LogP contribution in [0.2, 0.25) is 0 Å². The number of hydrogen-bond donors (Lipinski definition) is 2. The van der Waals surface area contributed by atoms with E-state index in [2.05, 4.69) is 12.2 Å². The highest BCUT2D eigenvalue weighted by Crippen LogP contribution is 2.30. The van der Waals surface area contributed by atoms with E-state index in [1.807, 2.05) is 0 Å². The van der Waals surface area contributed by atoms with Crippen LogP contribution in [0.15, 0.2) is 0 Å². The maximum absolute atomic E-state index is 5.76. The molecular weight excluding hydrogens is 184 g/mol. The van der Waals surface area contributed by atoms with Gasteiger partial charge in [-0.05, 0) is 44.1 Å². The Labute approximate surface area is 94.0 Å². The quantitative estimate of drug-likeness (QED) is 0.747. The zero-order valence-electron chi connectivity index (χ0n) is 10.0. The van der Waals surface area contributed by atoms with Crippen LogP contribution in [0, 0.1) is 11.8 Å². The van der Waals surface area contributed by atoms with E-state index in [1.54, 1.807) is 0 Å². The fraction of sp³-hybridized carbons (Fsp3) is 1.00. The molecule has 0 heterocycles. The van der Waals surface area contributed by atoms with Gasteiger partial charge in [-0.1, -0.05) is 26.2 Å². The molecule has 2 saturated carbocycles. The van der Waals surface area contributed by atoms with Gasteiger partial charge in [0.05, 0.1) is 0 Å². The Morgan fingerprint density at radius 1 is 1.20 bits per heavy atom. The van der Waals surface area contributed by atoms with E-state index < -0.39 is 0 Å². The van der Waals surface area contributed by atoms with Gasteiger partial charge in [0.2, 0.25) is 0 Å². The predicted molar refractivity (Wildman–Crippen MR) is 64.7 cm³/mol. The highest BCUT2D eigenvalue weighted by molar-refractivity contribution is 4.87. The molecule has 2 atom stereocenters. The van der Waals surface area contributed by atoms with Crippen LogP contribution in [0.1, 0.15) is 51.9 Å². The Morgan fingerprint density at radius 3 is 2.67 bits per heavy atom. The van der Waals surface area contributed by atoms with Crippen LogP contribution in [-0.2, 0) is 0 Å². The molecule has 2 aliphatic rings. The van der Waals surface area contributed by atoms with Crippen molar-refractivity contribution in [3.8, 4) is 0 Å². The van der Waals surface area contributed by atoms with Crippen LogP contribution in [0.4, 0.5) is 0 Å². The summed E-state index contributed by atoms with van der Waals surface area (Å²) in [6.45, 7) is 3.62. The zero-order valence-corrected chi connectivity index (χ0v) is 10.0. The van der Waals surface area contributed by atoms with Crippen LogP contribution < -0.4 is 11.1 Å². The minimum absolute atomic E-state index is 0.484. The van der Waals surface area contributed by atoms with Crippen molar-refractivity contribution in [2.24, 2.45) is 17.6 Å². The zero-order chi connectivity index (χ0) is 10.7. The number of nitrogens with two attached hydrogens (primary N) is 1. The van der Waals surface area contributed by atoms with Gasteiger partial charge in [0, 0.05) is 12.1 Å². The molecule has 2 fully saturated rings. The minimum Gasteiger partial charge on any atom is -0.328 e. The normalized spacial score (nSPS) is 41.2. The monoisotopic (exact) mass is 210 g/mol. The summed E-state index contributed by atoms with van der Waals surface area (Å²) in [6.07, 6.45) is 9.63. The molecule has 2 nitrogen and oxygen atoms in total. The third-order valence-corrected chi connectivity index (χ3v) is 4.21. The third-order valence-electron chi connectivity index (χ3n) is 4.21. The van der Waals surface area contributed by atoms with E-state index in [1.165, 1.54) is 51.5 Å². The van der Waals surface area contributed by atoms with Crippen molar-refractivity contribution in [1.82, 2.24) is 5.32 Å². The van der Waals surface area contributed by atoms with E-state index in [9.17, 15) is 0 Å². The second-order valence-corrected chi connectivity index (χ2v) is 5.81. The lowest BCUT2D eigenvalue weighted by Gasteiger charge is -2.34. The highest BCUT2D eigenvalue weighted by Gasteiger charge is 2.25. The largest absolute Gasteiger partial charge is 0.328 e. The maximum Gasteiger partial charge on any atom is 0.00965 e. The van der Waals surface area contributed by atoms with Crippen LogP contribution >= 0.6 is 0 Å². The van der Waals surface area contributed by atoms with Crippen molar-refractivity contribution in [2.45, 2.75) is 64.0 Å². The molecule has 0 amide bonds. The first-order valence-corrected chi connectivity index (χ1v) is 6.73. The molecule has 2 aliphatic carbocycles. The summed E-state index contributed by atoms with van der Waals surface area (Å²) in [5.41, 5.74) is 5.76. The fourth-order valence-electron chi connectivity index (χ4n) is 3.14. The summed E-state index contributed by atoms with van der Waals surface area (Å²) in [6, 6.07) is 1.22. The van der Waals surface area contributed by atoms with Gasteiger partial charge < -0.3 is 11.1 Å². The summed E-state index contributed by atoms with van der Waals surface area (Å²) in [4.78, 5) is 0. The molecule has 15 heavy (non-hydrogen) atoms. The van der Waals surface area contributed by atoms with Gasteiger partial charge in [0.1, 0.15) is 0 Å². The van der Waals surface area contributed by atoms with Gasteiger partial charge in [-0.15, -0.1) is 0 Å². The van der Waals surface area contributed by atoms with Crippen LogP contribution in [0.25, 0.3) is 0 Å². The summed E-state index contributed by atoms with van der Waals surface area (Å²) in [5.74, 6) is 1.97. The molecule has 0 bridgehead atoms. The molecule has 0 aromatic heterocycles. The smallest absolute Gasteiger partial charge is 0.00965 e. The first kappa shape index (κ1) is 11.4. The Bertz CT molecular complexity index is 187. The first-order valence-electron chi connectivity index (χ1n) is 6.73. The van der Waals surface area contributed by atoms with E-state index in [0.717, 1.165) is 17.9 Å². The topological polar surface area (TPSA) is 38.0 Å². The average Bonchev–Trinajstić information content (AvgIpc) is 2.15. The van der Waals surface area contributed by atoms with Gasteiger partial charge in [0.15, 0.2) is 0 Å². The average molecular weight is 210 g/mol. The Kier molecular flexibility index (Phi) is 4.04. The molecule has 2 unspecified atom stereocenters. The van der Waals surface area contributed by atoms with Crippen molar-refractivity contribution in [2.75, 3.05) is 6.54 Å². The number of hydrogen-bond acceptors (Lipinski definition) is 2. The van der Waals surface area contributed by atoms with Gasteiger partial charge in [0.25, 0.3) is 0 Å². The van der Waals surface area contributed by atoms with Crippen LogP contribution in [0.5, 0.6) is 0 Å². The standard InChI is InChI=1S/C13H26N2/c1-10-3-2-4-11(7-10)5-6-15-13-8-12(14)9-13/h10-13,15H,2-9,14H2,1H3. The molecule has 0 spiro atoms. The van der Waals surface area contributed by atoms with Gasteiger partial charge in [-0.25, -0.2) is 0 Å². The van der Waals surface area contributed by atoms with E-state index in [-0.39, 0.29) is 0 Å². The first-order chi connectivity index (χ1) is 7.24. The maximum atomic E-state index is 5.76. The second kappa shape index (κ2) is 5.31. The predicted octanol–water partition coefficient (Wildman–Crippen LogP) is 2.28. The van der Waals surface area contributed by atoms with Crippen molar-refractivity contribution < 1.29 is 0 Å². The molecule has 88 valence electrons. The highest BCUT2D eigenvalue weighted by atomic mass is 14.9. The van der Waals surface area contributed by atoms with Gasteiger partial charge >= 0.3 is 0 Å². The lowest BCUT2D eigenvalue weighted by atomic mass is 9.80. The molecule has 0 aromatic carbocycles. The van der Waals surface area contributed by atoms with Crippen molar-refractivity contribution >= 4 is 0 Å². The fourth-order valence-corrected chi connectivity index (χ4v) is 3.14. The summed E-state index contributed by atoms with van der Waals surface area (Å²) in [5, 5.41) is 3.63. The molecule has 2 rings (SSSR count). The van der Waals surface area contributed by atoms with E-state index in [4.69, 9.17) is 5.73 Å². The Hall–Kier alpha value is -0.0800. The van der Waals surface area contributed by atoms with Crippen LogP contribution in [0.3, 0.4) is 0 Å². The molecule has 0 aromatic rings. The molecule has 3 N–H and O–H groups in total. The summed E-state index contributed by atoms with van der Waals surface area (Å²) in [7, 11) is 0. The molecule has 2 heteroatoms. The third kappa shape index (κ3) is 3.46. The van der Waals surface area contributed by atoms with Gasteiger partial charge in [-0.3, -0.25) is 0 Å². The van der Waals surface area contributed by atoms with Crippen molar-refractivity contribution in [3.63, 3.8) is 0 Å². The molecule has 0 aliphatic heterocycles.